The Balaban J connectivity index is 1.89. The number of hydrogen-bond acceptors (Lipinski definition) is 4. The molecule has 0 bridgehead atoms. The number of methoxy groups -OCH3 is 1. The molecule has 0 aliphatic carbocycles. The summed E-state index contributed by atoms with van der Waals surface area (Å²) in [6.07, 6.45) is 0.245. The third-order valence-corrected chi connectivity index (χ3v) is 3.73. The van der Waals surface area contributed by atoms with Gasteiger partial charge in [-0.15, -0.1) is 0 Å². The molecule has 1 aliphatic heterocycles. The molecule has 1 aliphatic rings. The number of ether oxygens (including phenoxy) is 1. The maximum absolute atomic E-state index is 12.0. The Morgan fingerprint density at radius 1 is 1.35 bits per heavy atom. The molecule has 108 valence electrons. The molecule has 5 heteroatoms. The van der Waals surface area contributed by atoms with E-state index in [4.69, 9.17) is 0 Å². The first kappa shape index (κ1) is 14.5. The van der Waals surface area contributed by atoms with Gasteiger partial charge in [-0.2, -0.15) is 0 Å². The molecular weight excluding hydrogens is 256 g/mol. The summed E-state index contributed by atoms with van der Waals surface area (Å²) in [7, 11) is 1.37. The van der Waals surface area contributed by atoms with Gasteiger partial charge in [-0.1, -0.05) is 19.1 Å². The monoisotopic (exact) mass is 276 g/mol. The van der Waals surface area contributed by atoms with Crippen molar-refractivity contribution in [3.05, 3.63) is 29.8 Å². The van der Waals surface area contributed by atoms with Crippen molar-refractivity contribution in [3.8, 4) is 0 Å². The van der Waals surface area contributed by atoms with Crippen LogP contribution >= 0.6 is 0 Å². The zero-order valence-corrected chi connectivity index (χ0v) is 11.8. The highest BCUT2D eigenvalue weighted by Gasteiger charge is 2.28. The third kappa shape index (κ3) is 3.57. The van der Waals surface area contributed by atoms with Crippen LogP contribution in [0.25, 0.3) is 0 Å². The number of benzene rings is 1. The van der Waals surface area contributed by atoms with Gasteiger partial charge in [0.25, 0.3) is 0 Å². The summed E-state index contributed by atoms with van der Waals surface area (Å²) >= 11 is 0. The van der Waals surface area contributed by atoms with E-state index in [1.54, 1.807) is 0 Å². The molecule has 0 radical (unpaired) electrons. The number of rotatable bonds is 5. The average Bonchev–Trinajstić information content (AvgIpc) is 2.38. The van der Waals surface area contributed by atoms with Crippen LogP contribution in [0.4, 0.5) is 5.69 Å². The van der Waals surface area contributed by atoms with E-state index < -0.39 is 0 Å². The minimum Gasteiger partial charge on any atom is -0.469 e. The van der Waals surface area contributed by atoms with E-state index in [0.29, 0.717) is 5.92 Å². The van der Waals surface area contributed by atoms with E-state index in [2.05, 4.69) is 15.4 Å². The van der Waals surface area contributed by atoms with Gasteiger partial charge in [-0.05, 0) is 36.7 Å². The summed E-state index contributed by atoms with van der Waals surface area (Å²) < 4.78 is 4.61. The van der Waals surface area contributed by atoms with Gasteiger partial charge in [-0.25, -0.2) is 0 Å². The number of amides is 1. The lowest BCUT2D eigenvalue weighted by Crippen LogP contribution is -2.48. The molecule has 2 N–H and O–H groups in total. The lowest BCUT2D eigenvalue weighted by atomic mass is 9.88. The van der Waals surface area contributed by atoms with Crippen molar-refractivity contribution in [1.29, 1.82) is 0 Å². The summed E-state index contributed by atoms with van der Waals surface area (Å²) in [5.41, 5.74) is 1.62. The highest BCUT2D eigenvalue weighted by atomic mass is 16.5. The number of hydrogen-bond donors (Lipinski definition) is 2. The Hall–Kier alpha value is -1.88. The van der Waals surface area contributed by atoms with Crippen LogP contribution < -0.4 is 10.6 Å². The molecule has 1 saturated heterocycles. The van der Waals surface area contributed by atoms with Crippen LogP contribution in [0.5, 0.6) is 0 Å². The highest BCUT2D eigenvalue weighted by Crippen LogP contribution is 2.18. The van der Waals surface area contributed by atoms with Crippen molar-refractivity contribution in [3.63, 3.8) is 0 Å². The largest absolute Gasteiger partial charge is 0.469 e. The smallest absolute Gasteiger partial charge is 0.309 e. The predicted molar refractivity (Wildman–Crippen MR) is 76.3 cm³/mol. The maximum atomic E-state index is 12.0. The highest BCUT2D eigenvalue weighted by molar-refractivity contribution is 5.92. The van der Waals surface area contributed by atoms with Crippen LogP contribution in [0.15, 0.2) is 24.3 Å². The summed E-state index contributed by atoms with van der Waals surface area (Å²) in [6.45, 7) is 3.77. The van der Waals surface area contributed by atoms with Crippen LogP contribution in [-0.4, -0.2) is 32.1 Å². The molecule has 20 heavy (non-hydrogen) atoms. The number of nitrogens with one attached hydrogen (secondary N) is 2. The van der Waals surface area contributed by atoms with Crippen molar-refractivity contribution in [2.45, 2.75) is 13.3 Å². The lowest BCUT2D eigenvalue weighted by molar-refractivity contribution is -0.139. The number of carbonyl (C=O) groups is 2. The second-order valence-electron chi connectivity index (χ2n) is 5.15. The molecule has 2 rings (SSSR count). The van der Waals surface area contributed by atoms with Crippen molar-refractivity contribution < 1.29 is 14.3 Å². The molecule has 1 heterocycles. The Labute approximate surface area is 118 Å². The standard InChI is InChI=1S/C15H20N2O3/c1-10(12-8-16-9-12)15(19)17-13-5-3-11(4-6-13)7-14(18)20-2/h3-6,10,12,16H,7-9H2,1-2H3,(H,17,19). The second kappa shape index (κ2) is 6.52. The average molecular weight is 276 g/mol. The zero-order chi connectivity index (χ0) is 14.5. The van der Waals surface area contributed by atoms with Crippen molar-refractivity contribution in [1.82, 2.24) is 5.32 Å². The Kier molecular flexibility index (Phi) is 4.74. The van der Waals surface area contributed by atoms with E-state index in [0.717, 1.165) is 24.3 Å². The number of anilines is 1. The van der Waals surface area contributed by atoms with E-state index in [1.807, 2.05) is 31.2 Å². The summed E-state index contributed by atoms with van der Waals surface area (Å²) in [6, 6.07) is 7.26. The molecule has 1 fully saturated rings. The molecular formula is C15H20N2O3. The van der Waals surface area contributed by atoms with Gasteiger partial charge < -0.3 is 15.4 Å². The first-order valence-corrected chi connectivity index (χ1v) is 6.77. The zero-order valence-electron chi connectivity index (χ0n) is 11.8. The third-order valence-electron chi connectivity index (χ3n) is 3.73. The Bertz CT molecular complexity index is 480. The normalized spacial score (nSPS) is 16.1. The van der Waals surface area contributed by atoms with Crippen LogP contribution in [-0.2, 0) is 20.7 Å². The Morgan fingerprint density at radius 2 is 2.00 bits per heavy atom. The fraction of sp³-hybridized carbons (Fsp3) is 0.467. The van der Waals surface area contributed by atoms with E-state index in [9.17, 15) is 9.59 Å². The molecule has 1 unspecified atom stereocenters. The van der Waals surface area contributed by atoms with Gasteiger partial charge in [0.1, 0.15) is 0 Å². The van der Waals surface area contributed by atoms with Crippen LogP contribution in [0.1, 0.15) is 12.5 Å². The van der Waals surface area contributed by atoms with Gasteiger partial charge in [0.2, 0.25) is 5.91 Å². The molecule has 1 amide bonds. The molecule has 5 nitrogen and oxygen atoms in total. The predicted octanol–water partition coefficient (Wildman–Crippen LogP) is 1.20. The second-order valence-corrected chi connectivity index (χ2v) is 5.15. The van der Waals surface area contributed by atoms with Crippen LogP contribution in [0.3, 0.4) is 0 Å². The molecule has 0 spiro atoms. The van der Waals surface area contributed by atoms with Gasteiger partial charge in [0.05, 0.1) is 13.5 Å². The first-order chi connectivity index (χ1) is 9.60. The lowest BCUT2D eigenvalue weighted by Gasteiger charge is -2.31. The van der Waals surface area contributed by atoms with Crippen LogP contribution in [0, 0.1) is 11.8 Å². The van der Waals surface area contributed by atoms with Crippen molar-refractivity contribution >= 4 is 17.6 Å². The summed E-state index contributed by atoms with van der Waals surface area (Å²) in [5, 5.41) is 6.07. The Morgan fingerprint density at radius 3 is 2.50 bits per heavy atom. The maximum Gasteiger partial charge on any atom is 0.309 e. The summed E-state index contributed by atoms with van der Waals surface area (Å²) in [5.74, 6) is 0.199. The fourth-order valence-electron chi connectivity index (χ4n) is 2.08. The number of esters is 1. The minimum atomic E-state index is -0.270. The quantitative estimate of drug-likeness (QED) is 0.793. The molecule has 1 atom stereocenters. The van der Waals surface area contributed by atoms with Gasteiger partial charge in [-0.3, -0.25) is 9.59 Å². The van der Waals surface area contributed by atoms with Gasteiger partial charge in [0.15, 0.2) is 0 Å². The molecule has 1 aromatic rings. The fourth-order valence-corrected chi connectivity index (χ4v) is 2.08. The first-order valence-electron chi connectivity index (χ1n) is 6.77. The van der Waals surface area contributed by atoms with E-state index in [1.165, 1.54) is 7.11 Å². The van der Waals surface area contributed by atoms with Crippen LogP contribution in [0.2, 0.25) is 0 Å². The van der Waals surface area contributed by atoms with E-state index >= 15 is 0 Å². The number of carbonyl (C=O) groups excluding carboxylic acids is 2. The minimum absolute atomic E-state index is 0.00555. The van der Waals surface area contributed by atoms with Crippen molar-refractivity contribution in [2.24, 2.45) is 11.8 Å². The molecule has 0 saturated carbocycles. The topological polar surface area (TPSA) is 67.4 Å². The summed E-state index contributed by atoms with van der Waals surface area (Å²) in [4.78, 5) is 23.2. The SMILES string of the molecule is COC(=O)Cc1ccc(NC(=O)C(C)C2CNC2)cc1. The molecule has 1 aromatic carbocycles. The van der Waals surface area contributed by atoms with Crippen molar-refractivity contribution in [2.75, 3.05) is 25.5 Å². The van der Waals surface area contributed by atoms with E-state index in [-0.39, 0.29) is 24.2 Å². The molecule has 0 aromatic heterocycles. The van der Waals surface area contributed by atoms with Gasteiger partial charge in [0, 0.05) is 11.6 Å². The van der Waals surface area contributed by atoms with Gasteiger partial charge >= 0.3 is 5.97 Å².